The van der Waals surface area contributed by atoms with Crippen LogP contribution in [0.2, 0.25) is 5.02 Å². The number of hydrogen-bond acceptors (Lipinski definition) is 4. The molecule has 5 heteroatoms. The van der Waals surface area contributed by atoms with E-state index >= 15 is 0 Å². The van der Waals surface area contributed by atoms with Gasteiger partial charge in [0.2, 0.25) is 0 Å². The number of allylic oxidation sites excluding steroid dienone is 1. The lowest BCUT2D eigenvalue weighted by atomic mass is 9.83. The molecule has 4 nitrogen and oxygen atoms in total. The van der Waals surface area contributed by atoms with Gasteiger partial charge in [-0.25, -0.2) is 0 Å². The minimum atomic E-state index is -1.41. The van der Waals surface area contributed by atoms with Crippen molar-refractivity contribution in [2.24, 2.45) is 11.3 Å². The largest absolute Gasteiger partial charge is 0.465 e. The predicted octanol–water partition coefficient (Wildman–Crippen LogP) is 5.08. The summed E-state index contributed by atoms with van der Waals surface area (Å²) in [7, 11) is 0. The number of fused-ring (bicyclic) bond motifs is 5. The van der Waals surface area contributed by atoms with Crippen molar-refractivity contribution in [3.05, 3.63) is 64.7 Å². The summed E-state index contributed by atoms with van der Waals surface area (Å²) in [4.78, 5) is 25.9. The number of esters is 2. The molecule has 1 unspecified atom stereocenters. The maximum Gasteiger partial charge on any atom is 0.327 e. The molecule has 150 valence electrons. The summed E-state index contributed by atoms with van der Waals surface area (Å²) < 4.78 is 10.6. The highest BCUT2D eigenvalue weighted by Crippen LogP contribution is 2.52. The van der Waals surface area contributed by atoms with Gasteiger partial charge >= 0.3 is 11.9 Å². The number of carbonyl (C=O) groups excluding carboxylic acids is 2. The first kappa shape index (κ1) is 19.7. The van der Waals surface area contributed by atoms with E-state index in [-0.39, 0.29) is 19.1 Å². The molecule has 0 aliphatic heterocycles. The van der Waals surface area contributed by atoms with Crippen LogP contribution in [0.5, 0.6) is 0 Å². The number of halogens is 1. The van der Waals surface area contributed by atoms with Crippen molar-refractivity contribution in [3.8, 4) is 11.1 Å². The monoisotopic (exact) mass is 410 g/mol. The highest BCUT2D eigenvalue weighted by Gasteiger charge is 2.54. The van der Waals surface area contributed by atoms with Crippen LogP contribution in [-0.2, 0) is 25.5 Å². The van der Waals surface area contributed by atoms with Crippen LogP contribution in [0, 0.1) is 11.3 Å². The minimum Gasteiger partial charge on any atom is -0.465 e. The highest BCUT2D eigenvalue weighted by molar-refractivity contribution is 6.30. The van der Waals surface area contributed by atoms with Crippen LogP contribution in [0.25, 0.3) is 16.7 Å². The molecular formula is C24H23ClO4. The summed E-state index contributed by atoms with van der Waals surface area (Å²) in [6.07, 6.45) is 2.82. The second-order valence-electron chi connectivity index (χ2n) is 7.46. The number of ether oxygens (including phenoxy) is 2. The zero-order valence-corrected chi connectivity index (χ0v) is 17.3. The van der Waals surface area contributed by atoms with Gasteiger partial charge in [0.05, 0.1) is 13.2 Å². The predicted molar refractivity (Wildman–Crippen MR) is 112 cm³/mol. The van der Waals surface area contributed by atoms with Crippen molar-refractivity contribution in [3.63, 3.8) is 0 Å². The number of carbonyl (C=O) groups is 2. The average molecular weight is 411 g/mol. The van der Waals surface area contributed by atoms with Gasteiger partial charge in [-0.2, -0.15) is 0 Å². The van der Waals surface area contributed by atoms with Crippen LogP contribution >= 0.6 is 11.6 Å². The molecule has 0 amide bonds. The molecule has 2 aliphatic rings. The fourth-order valence-corrected chi connectivity index (χ4v) is 4.73. The molecule has 0 bridgehead atoms. The quantitative estimate of drug-likeness (QED) is 0.521. The summed E-state index contributed by atoms with van der Waals surface area (Å²) in [5, 5.41) is 0.675. The Hall–Kier alpha value is -2.59. The Morgan fingerprint density at radius 3 is 2.31 bits per heavy atom. The fourth-order valence-electron chi connectivity index (χ4n) is 4.54. The zero-order chi connectivity index (χ0) is 20.6. The second-order valence-corrected chi connectivity index (χ2v) is 7.90. The van der Waals surface area contributed by atoms with Crippen LogP contribution < -0.4 is 0 Å². The van der Waals surface area contributed by atoms with Gasteiger partial charge in [-0.1, -0.05) is 48.0 Å². The highest BCUT2D eigenvalue weighted by atomic mass is 35.5. The molecule has 0 heterocycles. The standard InChI is InChI=1S/C24H23ClO4/c1-3-28-22(26)24(23(27)29-4-2)13-16-11-15-12-17(25)9-10-18(15)19-7-5-6-8-20(19)21(16)14-24/h5-10,12,14,16H,3-4,11,13H2,1-2H3. The summed E-state index contributed by atoms with van der Waals surface area (Å²) in [6, 6.07) is 14.0. The molecule has 2 aromatic rings. The molecule has 0 aromatic heterocycles. The molecule has 2 aromatic carbocycles. The van der Waals surface area contributed by atoms with Crippen molar-refractivity contribution in [1.29, 1.82) is 0 Å². The van der Waals surface area contributed by atoms with E-state index < -0.39 is 17.4 Å². The smallest absolute Gasteiger partial charge is 0.327 e. The Bertz CT molecular complexity index is 990. The van der Waals surface area contributed by atoms with Crippen molar-refractivity contribution < 1.29 is 19.1 Å². The third kappa shape index (κ3) is 3.25. The van der Waals surface area contributed by atoms with Gasteiger partial charge in [-0.15, -0.1) is 0 Å². The van der Waals surface area contributed by atoms with Crippen LogP contribution in [0.15, 0.2) is 48.5 Å². The van der Waals surface area contributed by atoms with E-state index in [0.717, 1.165) is 27.8 Å². The van der Waals surface area contributed by atoms with Crippen LogP contribution in [-0.4, -0.2) is 25.2 Å². The van der Waals surface area contributed by atoms with Crippen molar-refractivity contribution in [1.82, 2.24) is 0 Å². The molecule has 0 fully saturated rings. The summed E-state index contributed by atoms with van der Waals surface area (Å²) in [6.45, 7) is 3.90. The van der Waals surface area contributed by atoms with Gasteiger partial charge in [0, 0.05) is 5.02 Å². The fraction of sp³-hybridized carbons (Fsp3) is 0.333. The molecule has 29 heavy (non-hydrogen) atoms. The Morgan fingerprint density at radius 1 is 1.00 bits per heavy atom. The maximum absolute atomic E-state index is 12.9. The van der Waals surface area contributed by atoms with Crippen LogP contribution in [0.4, 0.5) is 0 Å². The van der Waals surface area contributed by atoms with E-state index in [9.17, 15) is 9.59 Å². The van der Waals surface area contributed by atoms with Crippen LogP contribution in [0.1, 0.15) is 31.4 Å². The number of rotatable bonds is 4. The van der Waals surface area contributed by atoms with E-state index in [0.29, 0.717) is 17.9 Å². The van der Waals surface area contributed by atoms with Crippen molar-refractivity contribution in [2.45, 2.75) is 26.7 Å². The minimum absolute atomic E-state index is 0.00956. The van der Waals surface area contributed by atoms with Gasteiger partial charge < -0.3 is 9.47 Å². The first-order valence-electron chi connectivity index (χ1n) is 9.95. The molecule has 2 aliphatic carbocycles. The Morgan fingerprint density at radius 2 is 1.66 bits per heavy atom. The normalized spacial score (nSPS) is 18.6. The number of benzene rings is 2. The molecular weight excluding hydrogens is 388 g/mol. The van der Waals surface area contributed by atoms with Crippen molar-refractivity contribution >= 4 is 29.1 Å². The lowest BCUT2D eigenvalue weighted by molar-refractivity contribution is -0.168. The van der Waals surface area contributed by atoms with Gasteiger partial charge in [-0.05, 0) is 72.6 Å². The van der Waals surface area contributed by atoms with Gasteiger partial charge in [0.1, 0.15) is 0 Å². The molecule has 4 rings (SSSR count). The van der Waals surface area contributed by atoms with E-state index in [4.69, 9.17) is 21.1 Å². The van der Waals surface area contributed by atoms with E-state index in [1.165, 1.54) is 0 Å². The summed E-state index contributed by atoms with van der Waals surface area (Å²) in [5.74, 6) is -1.09. The van der Waals surface area contributed by atoms with Gasteiger partial charge in [-0.3, -0.25) is 9.59 Å². The Labute approximate surface area is 175 Å². The van der Waals surface area contributed by atoms with Crippen molar-refractivity contribution in [2.75, 3.05) is 13.2 Å². The van der Waals surface area contributed by atoms with Crippen LogP contribution in [0.3, 0.4) is 0 Å². The maximum atomic E-state index is 12.9. The lowest BCUT2D eigenvalue weighted by Gasteiger charge is -2.24. The zero-order valence-electron chi connectivity index (χ0n) is 16.5. The molecule has 0 saturated heterocycles. The molecule has 0 N–H and O–H groups in total. The molecule has 1 atom stereocenters. The third-order valence-electron chi connectivity index (χ3n) is 5.75. The van der Waals surface area contributed by atoms with Gasteiger partial charge in [0.25, 0.3) is 0 Å². The Balaban J connectivity index is 1.90. The molecule has 0 saturated carbocycles. The first-order valence-corrected chi connectivity index (χ1v) is 10.3. The Kier molecular flexibility index (Phi) is 5.22. The first-order chi connectivity index (χ1) is 14.0. The lowest BCUT2D eigenvalue weighted by Crippen LogP contribution is -2.39. The molecule has 0 spiro atoms. The van der Waals surface area contributed by atoms with Gasteiger partial charge in [0.15, 0.2) is 5.41 Å². The van der Waals surface area contributed by atoms with E-state index in [1.54, 1.807) is 19.9 Å². The second kappa shape index (κ2) is 7.68. The average Bonchev–Trinajstić information content (AvgIpc) is 3.04. The topological polar surface area (TPSA) is 52.6 Å². The summed E-state index contributed by atoms with van der Waals surface area (Å²) >= 11 is 6.28. The van der Waals surface area contributed by atoms with E-state index in [1.807, 2.05) is 36.4 Å². The van der Waals surface area contributed by atoms with E-state index in [2.05, 4.69) is 6.07 Å². The number of hydrogen-bond donors (Lipinski definition) is 0. The third-order valence-corrected chi connectivity index (χ3v) is 5.99. The summed E-state index contributed by atoms with van der Waals surface area (Å²) in [5.41, 5.74) is 3.95. The SMILES string of the molecule is CCOC(=O)C1(C(=O)OCC)C=C2c3ccccc3-c3ccc(Cl)cc3CC2C1. The molecule has 0 radical (unpaired) electrons.